The molecule has 19 heavy (non-hydrogen) atoms. The molecule has 0 spiro atoms. The number of para-hydroxylation sites is 1. The predicted octanol–water partition coefficient (Wildman–Crippen LogP) is 1.22. The van der Waals surface area contributed by atoms with Crippen molar-refractivity contribution >= 4 is 5.96 Å². The van der Waals surface area contributed by atoms with Crippen LogP contribution in [0.5, 0.6) is 5.75 Å². The van der Waals surface area contributed by atoms with Crippen LogP contribution in [0.4, 0.5) is 0 Å². The quantitative estimate of drug-likeness (QED) is 0.457. The fraction of sp³-hybridized carbons (Fsp3) is 0.500. The molecule has 1 aromatic carbocycles. The second-order valence-electron chi connectivity index (χ2n) is 4.05. The van der Waals surface area contributed by atoms with Gasteiger partial charge in [0, 0.05) is 27.7 Å². The number of aliphatic imine (C=N–C) groups is 1. The average molecular weight is 265 g/mol. The van der Waals surface area contributed by atoms with Gasteiger partial charge in [-0.3, -0.25) is 4.99 Å². The maximum atomic E-state index is 5.65. The molecule has 0 fully saturated rings. The van der Waals surface area contributed by atoms with Crippen molar-refractivity contribution in [1.82, 2.24) is 10.2 Å². The molecule has 5 heteroatoms. The number of benzene rings is 1. The van der Waals surface area contributed by atoms with Crippen LogP contribution in [-0.2, 0) is 4.74 Å². The fourth-order valence-electron chi connectivity index (χ4n) is 1.57. The van der Waals surface area contributed by atoms with Gasteiger partial charge in [0.2, 0.25) is 0 Å². The summed E-state index contributed by atoms with van der Waals surface area (Å²) in [6.45, 7) is 2.79. The minimum Gasteiger partial charge on any atom is -0.492 e. The van der Waals surface area contributed by atoms with Crippen LogP contribution in [0.2, 0.25) is 0 Å². The second kappa shape index (κ2) is 9.22. The van der Waals surface area contributed by atoms with Crippen molar-refractivity contribution in [3.8, 4) is 5.75 Å². The molecule has 1 aromatic rings. The highest BCUT2D eigenvalue weighted by molar-refractivity contribution is 5.79. The van der Waals surface area contributed by atoms with E-state index in [0.29, 0.717) is 13.2 Å². The van der Waals surface area contributed by atoms with Crippen molar-refractivity contribution in [3.63, 3.8) is 0 Å². The maximum absolute atomic E-state index is 5.65. The lowest BCUT2D eigenvalue weighted by atomic mass is 10.3. The van der Waals surface area contributed by atoms with Gasteiger partial charge in [-0.15, -0.1) is 0 Å². The molecular formula is C14H23N3O2. The van der Waals surface area contributed by atoms with Gasteiger partial charge in [0.1, 0.15) is 12.4 Å². The van der Waals surface area contributed by atoms with Crippen LogP contribution in [0, 0.1) is 0 Å². The zero-order valence-corrected chi connectivity index (χ0v) is 11.9. The number of hydrogen-bond donors (Lipinski definition) is 1. The first-order valence-electron chi connectivity index (χ1n) is 6.36. The lowest BCUT2D eigenvalue weighted by molar-refractivity contribution is 0.202. The summed E-state index contributed by atoms with van der Waals surface area (Å²) in [4.78, 5) is 6.23. The topological polar surface area (TPSA) is 46.1 Å². The van der Waals surface area contributed by atoms with E-state index in [1.807, 2.05) is 42.3 Å². The van der Waals surface area contributed by atoms with Crippen molar-refractivity contribution in [2.75, 3.05) is 47.5 Å². The number of ether oxygens (including phenoxy) is 2. The molecule has 0 heterocycles. The lowest BCUT2D eigenvalue weighted by Gasteiger charge is -2.22. The second-order valence-corrected chi connectivity index (χ2v) is 4.05. The van der Waals surface area contributed by atoms with Crippen LogP contribution in [-0.4, -0.2) is 58.4 Å². The van der Waals surface area contributed by atoms with Gasteiger partial charge in [-0.1, -0.05) is 18.2 Å². The minimum absolute atomic E-state index is 0.617. The van der Waals surface area contributed by atoms with Gasteiger partial charge < -0.3 is 19.7 Å². The SMILES string of the molecule is CN=C(NCCOC)N(C)CCOc1ccccc1. The number of nitrogens with one attached hydrogen (secondary N) is 1. The van der Waals surface area contributed by atoms with Crippen LogP contribution < -0.4 is 10.1 Å². The molecule has 1 N–H and O–H groups in total. The summed E-state index contributed by atoms with van der Waals surface area (Å²) in [7, 11) is 5.43. The summed E-state index contributed by atoms with van der Waals surface area (Å²) in [5.74, 6) is 1.73. The zero-order chi connectivity index (χ0) is 13.9. The monoisotopic (exact) mass is 265 g/mol. The Kier molecular flexibility index (Phi) is 7.43. The van der Waals surface area contributed by atoms with Gasteiger partial charge in [-0.05, 0) is 12.1 Å². The summed E-state index contributed by atoms with van der Waals surface area (Å²) < 4.78 is 10.6. The lowest BCUT2D eigenvalue weighted by Crippen LogP contribution is -2.42. The highest BCUT2D eigenvalue weighted by Gasteiger charge is 2.04. The van der Waals surface area contributed by atoms with Crippen molar-refractivity contribution in [2.45, 2.75) is 0 Å². The first kappa shape index (κ1) is 15.3. The Balaban J connectivity index is 2.27. The molecule has 0 bridgehead atoms. The van der Waals surface area contributed by atoms with Crippen molar-refractivity contribution in [1.29, 1.82) is 0 Å². The first-order chi connectivity index (χ1) is 9.27. The molecule has 0 saturated heterocycles. The van der Waals surface area contributed by atoms with E-state index in [4.69, 9.17) is 9.47 Å². The van der Waals surface area contributed by atoms with Gasteiger partial charge in [-0.25, -0.2) is 0 Å². The van der Waals surface area contributed by atoms with E-state index in [-0.39, 0.29) is 0 Å². The van der Waals surface area contributed by atoms with Crippen molar-refractivity contribution in [3.05, 3.63) is 30.3 Å². The third-order valence-electron chi connectivity index (χ3n) is 2.60. The Morgan fingerprint density at radius 3 is 2.63 bits per heavy atom. The molecule has 0 aliphatic heterocycles. The summed E-state index contributed by atoms with van der Waals surface area (Å²) in [6, 6.07) is 9.80. The number of methoxy groups -OCH3 is 1. The molecule has 0 aliphatic carbocycles. The van der Waals surface area contributed by atoms with E-state index >= 15 is 0 Å². The number of likely N-dealkylation sites (N-methyl/N-ethyl adjacent to an activating group) is 1. The Morgan fingerprint density at radius 2 is 2.00 bits per heavy atom. The van der Waals surface area contributed by atoms with Crippen LogP contribution >= 0.6 is 0 Å². The van der Waals surface area contributed by atoms with E-state index in [2.05, 4.69) is 10.3 Å². The molecule has 0 atom stereocenters. The van der Waals surface area contributed by atoms with Crippen LogP contribution in [0.15, 0.2) is 35.3 Å². The highest BCUT2D eigenvalue weighted by Crippen LogP contribution is 2.07. The molecule has 0 unspecified atom stereocenters. The normalized spacial score (nSPS) is 11.2. The Morgan fingerprint density at radius 1 is 1.26 bits per heavy atom. The molecule has 106 valence electrons. The molecule has 0 aromatic heterocycles. The molecule has 0 aliphatic rings. The zero-order valence-electron chi connectivity index (χ0n) is 11.9. The summed E-state index contributed by atoms with van der Waals surface area (Å²) in [6.07, 6.45) is 0. The molecule has 1 rings (SSSR count). The van der Waals surface area contributed by atoms with Gasteiger partial charge >= 0.3 is 0 Å². The predicted molar refractivity (Wildman–Crippen MR) is 77.8 cm³/mol. The van der Waals surface area contributed by atoms with Crippen LogP contribution in [0.25, 0.3) is 0 Å². The fourth-order valence-corrected chi connectivity index (χ4v) is 1.57. The van der Waals surface area contributed by atoms with Gasteiger partial charge in [-0.2, -0.15) is 0 Å². The third kappa shape index (κ3) is 6.10. The maximum Gasteiger partial charge on any atom is 0.193 e. The van der Waals surface area contributed by atoms with Crippen molar-refractivity contribution < 1.29 is 9.47 Å². The van der Waals surface area contributed by atoms with Gasteiger partial charge in [0.25, 0.3) is 0 Å². The third-order valence-corrected chi connectivity index (χ3v) is 2.60. The average Bonchev–Trinajstić information content (AvgIpc) is 2.44. The Bertz CT molecular complexity index is 368. The number of guanidine groups is 1. The van der Waals surface area contributed by atoms with E-state index in [1.54, 1.807) is 14.2 Å². The van der Waals surface area contributed by atoms with Gasteiger partial charge in [0.05, 0.1) is 13.2 Å². The molecule has 5 nitrogen and oxygen atoms in total. The summed E-state index contributed by atoms with van der Waals surface area (Å²) >= 11 is 0. The van der Waals surface area contributed by atoms with Gasteiger partial charge in [0.15, 0.2) is 5.96 Å². The largest absolute Gasteiger partial charge is 0.492 e. The van der Waals surface area contributed by atoms with Crippen LogP contribution in [0.3, 0.4) is 0 Å². The number of nitrogens with zero attached hydrogens (tertiary/aromatic N) is 2. The first-order valence-corrected chi connectivity index (χ1v) is 6.36. The van der Waals surface area contributed by atoms with Crippen LogP contribution in [0.1, 0.15) is 0 Å². The molecule has 0 amide bonds. The van der Waals surface area contributed by atoms with E-state index in [1.165, 1.54) is 0 Å². The molecule has 0 radical (unpaired) electrons. The van der Waals surface area contributed by atoms with E-state index < -0.39 is 0 Å². The van der Waals surface area contributed by atoms with E-state index in [9.17, 15) is 0 Å². The van der Waals surface area contributed by atoms with E-state index in [0.717, 1.165) is 24.8 Å². The smallest absolute Gasteiger partial charge is 0.193 e. The number of rotatable bonds is 7. The standard InChI is InChI=1S/C14H23N3O2/c1-15-14(16-9-11-18-3)17(2)10-12-19-13-7-5-4-6-8-13/h4-8H,9-12H2,1-3H3,(H,15,16). The summed E-state index contributed by atoms with van der Waals surface area (Å²) in [5, 5.41) is 3.21. The summed E-state index contributed by atoms with van der Waals surface area (Å²) in [5.41, 5.74) is 0. The number of hydrogen-bond acceptors (Lipinski definition) is 3. The molecular weight excluding hydrogens is 242 g/mol. The Hall–Kier alpha value is -1.75. The Labute approximate surface area is 115 Å². The molecule has 0 saturated carbocycles. The van der Waals surface area contributed by atoms with Crippen molar-refractivity contribution in [2.24, 2.45) is 4.99 Å². The highest BCUT2D eigenvalue weighted by atomic mass is 16.5. The minimum atomic E-state index is 0.617.